The molecule has 2 heteroatoms. The fourth-order valence-electron chi connectivity index (χ4n) is 1.87. The van der Waals surface area contributed by atoms with Gasteiger partial charge in [-0.3, -0.25) is 4.79 Å². The van der Waals surface area contributed by atoms with E-state index in [0.717, 1.165) is 11.1 Å². The molecular weight excluding hydrogens is 224 g/mol. The zero-order valence-corrected chi connectivity index (χ0v) is 11.9. The molecule has 0 radical (unpaired) electrons. The molecule has 0 N–H and O–H groups in total. The molecule has 0 aromatic heterocycles. The molecule has 2 nitrogen and oxygen atoms in total. The van der Waals surface area contributed by atoms with E-state index in [1.54, 1.807) is 14.0 Å². The minimum absolute atomic E-state index is 0.0255. The molecular formula is C16H22O2. The molecule has 0 spiro atoms. The van der Waals surface area contributed by atoms with Crippen LogP contribution in [0.25, 0.3) is 6.08 Å². The lowest BCUT2D eigenvalue weighted by Crippen LogP contribution is -2.25. The first kappa shape index (κ1) is 14.7. The van der Waals surface area contributed by atoms with Crippen LogP contribution < -0.4 is 0 Å². The van der Waals surface area contributed by atoms with Crippen molar-refractivity contribution in [3.63, 3.8) is 0 Å². The van der Waals surface area contributed by atoms with Crippen LogP contribution in [0.3, 0.4) is 0 Å². The smallest absolute Gasteiger partial charge is 0.160 e. The van der Waals surface area contributed by atoms with E-state index in [1.807, 2.05) is 36.4 Å². The van der Waals surface area contributed by atoms with Crippen LogP contribution >= 0.6 is 0 Å². The number of ketones is 1. The Morgan fingerprint density at radius 1 is 1.28 bits per heavy atom. The maximum absolute atomic E-state index is 11.5. The summed E-state index contributed by atoms with van der Waals surface area (Å²) in [5, 5.41) is 0. The number of carbonyl (C=O) groups excluding carboxylic acids is 1. The Hall–Kier alpha value is -1.41. The molecule has 0 amide bonds. The van der Waals surface area contributed by atoms with E-state index in [0.29, 0.717) is 0 Å². The van der Waals surface area contributed by atoms with Crippen molar-refractivity contribution in [2.75, 3.05) is 7.11 Å². The zero-order chi connectivity index (χ0) is 13.8. The van der Waals surface area contributed by atoms with Crippen molar-refractivity contribution >= 4 is 11.9 Å². The van der Waals surface area contributed by atoms with E-state index < -0.39 is 0 Å². The molecule has 1 aromatic rings. The van der Waals surface area contributed by atoms with Crippen molar-refractivity contribution in [2.45, 2.75) is 33.8 Å². The summed E-state index contributed by atoms with van der Waals surface area (Å²) in [6, 6.07) is 7.61. The van der Waals surface area contributed by atoms with E-state index in [-0.39, 0.29) is 17.3 Å². The number of hydrogen-bond donors (Lipinski definition) is 0. The third-order valence-electron chi connectivity index (χ3n) is 2.90. The van der Waals surface area contributed by atoms with E-state index in [2.05, 4.69) is 20.8 Å². The summed E-state index contributed by atoms with van der Waals surface area (Å²) >= 11 is 0. The second kappa shape index (κ2) is 5.96. The van der Waals surface area contributed by atoms with Crippen molar-refractivity contribution < 1.29 is 9.53 Å². The van der Waals surface area contributed by atoms with Crippen LogP contribution in [0.1, 0.15) is 43.6 Å². The highest BCUT2D eigenvalue weighted by molar-refractivity contribution is 5.97. The topological polar surface area (TPSA) is 26.3 Å². The average molecular weight is 246 g/mol. The summed E-state index contributed by atoms with van der Waals surface area (Å²) < 4.78 is 5.47. The fraction of sp³-hybridized carbons (Fsp3) is 0.438. The molecule has 18 heavy (non-hydrogen) atoms. The molecule has 1 unspecified atom stereocenters. The van der Waals surface area contributed by atoms with Gasteiger partial charge in [-0.15, -0.1) is 0 Å². The Kier molecular flexibility index (Phi) is 4.85. The van der Waals surface area contributed by atoms with Gasteiger partial charge < -0.3 is 4.74 Å². The molecule has 1 aromatic carbocycles. The van der Waals surface area contributed by atoms with Crippen LogP contribution in [0.2, 0.25) is 0 Å². The molecule has 1 rings (SSSR count). The molecule has 98 valence electrons. The second-order valence-electron chi connectivity index (χ2n) is 5.52. The molecule has 0 heterocycles. The van der Waals surface area contributed by atoms with Gasteiger partial charge >= 0.3 is 0 Å². The van der Waals surface area contributed by atoms with Gasteiger partial charge in [0.15, 0.2) is 5.78 Å². The summed E-state index contributed by atoms with van der Waals surface area (Å²) in [6.45, 7) is 7.97. The molecule has 0 saturated carbocycles. The highest BCUT2D eigenvalue weighted by Crippen LogP contribution is 2.24. The van der Waals surface area contributed by atoms with E-state index in [1.165, 1.54) is 0 Å². The number of methoxy groups -OCH3 is 1. The summed E-state index contributed by atoms with van der Waals surface area (Å²) in [4.78, 5) is 11.5. The molecule has 0 bridgehead atoms. The number of carbonyl (C=O) groups is 1. The van der Waals surface area contributed by atoms with Gasteiger partial charge in [0.2, 0.25) is 0 Å². The van der Waals surface area contributed by atoms with Crippen LogP contribution in [0.5, 0.6) is 0 Å². The van der Waals surface area contributed by atoms with Crippen LogP contribution in [0.15, 0.2) is 30.3 Å². The van der Waals surface area contributed by atoms with E-state index in [9.17, 15) is 4.79 Å². The summed E-state index contributed by atoms with van der Waals surface area (Å²) in [7, 11) is 1.71. The molecule has 0 aliphatic carbocycles. The maximum atomic E-state index is 11.5. The lowest BCUT2D eigenvalue weighted by molar-refractivity contribution is 0.0541. The number of Topliss-reactive ketones (excluding diaryl/α,β-unsaturated/α-hetero) is 1. The molecule has 0 aliphatic heterocycles. The SMILES string of the molecule is COC(/C=C/c1ccccc1C(C)=O)C(C)(C)C. The molecule has 1 atom stereocenters. The van der Waals surface area contributed by atoms with Crippen LogP contribution in [0, 0.1) is 5.41 Å². The zero-order valence-electron chi connectivity index (χ0n) is 11.9. The van der Waals surface area contributed by atoms with Crippen LogP contribution in [-0.4, -0.2) is 19.0 Å². The number of rotatable bonds is 4. The monoisotopic (exact) mass is 246 g/mol. The molecule has 0 aliphatic rings. The van der Waals surface area contributed by atoms with Gasteiger partial charge in [-0.05, 0) is 17.9 Å². The Morgan fingerprint density at radius 2 is 1.89 bits per heavy atom. The second-order valence-corrected chi connectivity index (χ2v) is 5.52. The van der Waals surface area contributed by atoms with Gasteiger partial charge in [-0.25, -0.2) is 0 Å². The van der Waals surface area contributed by atoms with Crippen LogP contribution in [-0.2, 0) is 4.74 Å². The van der Waals surface area contributed by atoms with Crippen molar-refractivity contribution in [1.82, 2.24) is 0 Å². The standard InChI is InChI=1S/C16H22O2/c1-12(17)14-9-7-6-8-13(14)10-11-15(18-5)16(2,3)4/h6-11,15H,1-5H3/b11-10+. The largest absolute Gasteiger partial charge is 0.377 e. The van der Waals surface area contributed by atoms with Crippen molar-refractivity contribution in [3.05, 3.63) is 41.5 Å². The van der Waals surface area contributed by atoms with Gasteiger partial charge in [0.1, 0.15) is 0 Å². The maximum Gasteiger partial charge on any atom is 0.160 e. The normalized spacial score (nSPS) is 13.8. The van der Waals surface area contributed by atoms with Crippen molar-refractivity contribution in [1.29, 1.82) is 0 Å². The minimum atomic E-state index is 0.0255. The number of ether oxygens (including phenoxy) is 1. The lowest BCUT2D eigenvalue weighted by atomic mass is 9.88. The highest BCUT2D eigenvalue weighted by Gasteiger charge is 2.21. The average Bonchev–Trinajstić information content (AvgIpc) is 2.28. The van der Waals surface area contributed by atoms with Gasteiger partial charge in [0.05, 0.1) is 6.10 Å². The minimum Gasteiger partial charge on any atom is -0.377 e. The lowest BCUT2D eigenvalue weighted by Gasteiger charge is -2.26. The number of benzene rings is 1. The van der Waals surface area contributed by atoms with E-state index in [4.69, 9.17) is 4.74 Å². The highest BCUT2D eigenvalue weighted by atomic mass is 16.5. The third-order valence-corrected chi connectivity index (χ3v) is 2.90. The van der Waals surface area contributed by atoms with Gasteiger partial charge in [0, 0.05) is 12.7 Å². The van der Waals surface area contributed by atoms with Crippen LogP contribution in [0.4, 0.5) is 0 Å². The third kappa shape index (κ3) is 3.81. The number of hydrogen-bond acceptors (Lipinski definition) is 2. The summed E-state index contributed by atoms with van der Waals surface area (Å²) in [5.41, 5.74) is 1.73. The first-order valence-corrected chi connectivity index (χ1v) is 6.17. The predicted octanol–water partition coefficient (Wildman–Crippen LogP) is 3.96. The van der Waals surface area contributed by atoms with Gasteiger partial charge in [-0.1, -0.05) is 57.2 Å². The fourth-order valence-corrected chi connectivity index (χ4v) is 1.87. The summed E-state index contributed by atoms with van der Waals surface area (Å²) in [6.07, 6.45) is 4.01. The molecule has 0 saturated heterocycles. The quantitative estimate of drug-likeness (QED) is 0.751. The van der Waals surface area contributed by atoms with Gasteiger partial charge in [0.25, 0.3) is 0 Å². The Morgan fingerprint density at radius 3 is 2.39 bits per heavy atom. The summed E-state index contributed by atoms with van der Waals surface area (Å²) in [5.74, 6) is 0.0833. The first-order valence-electron chi connectivity index (χ1n) is 6.17. The Bertz CT molecular complexity index is 439. The van der Waals surface area contributed by atoms with Crippen molar-refractivity contribution in [3.8, 4) is 0 Å². The Labute approximate surface area is 110 Å². The van der Waals surface area contributed by atoms with Gasteiger partial charge in [-0.2, -0.15) is 0 Å². The predicted molar refractivity (Wildman–Crippen MR) is 75.7 cm³/mol. The van der Waals surface area contributed by atoms with E-state index >= 15 is 0 Å². The first-order chi connectivity index (χ1) is 8.36. The molecule has 0 fully saturated rings. The van der Waals surface area contributed by atoms with Crippen molar-refractivity contribution in [2.24, 2.45) is 5.41 Å². The Balaban J connectivity index is 3.00.